The largest absolute Gasteiger partial charge is 0.296 e. The van der Waals surface area contributed by atoms with Crippen LogP contribution in [0.1, 0.15) is 35.7 Å². The van der Waals surface area contributed by atoms with E-state index in [0.29, 0.717) is 0 Å². The third kappa shape index (κ3) is 2.96. The second-order valence-corrected chi connectivity index (χ2v) is 4.14. The van der Waals surface area contributed by atoms with Gasteiger partial charge in [0.1, 0.15) is 5.82 Å². The molecule has 0 aliphatic carbocycles. The van der Waals surface area contributed by atoms with Crippen LogP contribution in [0.15, 0.2) is 18.2 Å². The molecule has 0 spiro atoms. The van der Waals surface area contributed by atoms with Crippen molar-refractivity contribution < 1.29 is 9.18 Å². The molecule has 15 heavy (non-hydrogen) atoms. The number of rotatable bonds is 3. The lowest BCUT2D eigenvalue weighted by Gasteiger charge is -2.08. The molecule has 0 aromatic heterocycles. The predicted octanol–water partition coefficient (Wildman–Crippen LogP) is 2.96. The number of amides is 1. The second kappa shape index (κ2) is 5.16. The Bertz CT molecular complexity index is 366. The zero-order chi connectivity index (χ0) is 11.4. The van der Waals surface area contributed by atoms with Crippen LogP contribution in [0.3, 0.4) is 0 Å². The van der Waals surface area contributed by atoms with Gasteiger partial charge in [-0.25, -0.2) is 4.39 Å². The topological polar surface area (TPSA) is 29.1 Å². The summed E-state index contributed by atoms with van der Waals surface area (Å²) in [6, 6.07) is 4.72. The first-order valence-corrected chi connectivity index (χ1v) is 5.91. The van der Waals surface area contributed by atoms with E-state index in [9.17, 15) is 9.18 Å². The lowest BCUT2D eigenvalue weighted by molar-refractivity contribution is 0.0980. The number of carbonyl (C=O) groups excluding carboxylic acids is 1. The van der Waals surface area contributed by atoms with Gasteiger partial charge in [-0.1, -0.05) is 31.9 Å². The Hall–Kier alpha value is -1.03. The molecule has 0 atom stereocenters. The van der Waals surface area contributed by atoms with Crippen molar-refractivity contribution in [1.29, 1.82) is 0 Å². The summed E-state index contributed by atoms with van der Waals surface area (Å²) in [7, 11) is 0. The lowest BCUT2D eigenvalue weighted by Crippen LogP contribution is -2.16. The molecule has 0 bridgehead atoms. The number of nitrogens with one attached hydrogen (secondary N) is 1. The van der Waals surface area contributed by atoms with Gasteiger partial charge in [0.15, 0.2) is 0 Å². The van der Waals surface area contributed by atoms with Gasteiger partial charge in [0.2, 0.25) is 0 Å². The molecule has 0 aliphatic heterocycles. The fourth-order valence-corrected chi connectivity index (χ4v) is 1.52. The highest BCUT2D eigenvalue weighted by molar-refractivity contribution is 7.97. The zero-order valence-corrected chi connectivity index (χ0v) is 9.82. The average Bonchev–Trinajstić information content (AvgIpc) is 2.17. The van der Waals surface area contributed by atoms with Gasteiger partial charge in [0.25, 0.3) is 5.91 Å². The number of hydrogen-bond acceptors (Lipinski definition) is 2. The van der Waals surface area contributed by atoms with Gasteiger partial charge in [-0.15, -0.1) is 0 Å². The fraction of sp³-hybridized carbons (Fsp3) is 0.364. The third-order valence-electron chi connectivity index (χ3n) is 2.10. The van der Waals surface area contributed by atoms with Gasteiger partial charge in [-0.2, -0.15) is 0 Å². The average molecular weight is 227 g/mol. The van der Waals surface area contributed by atoms with Crippen molar-refractivity contribution in [1.82, 2.24) is 4.72 Å². The van der Waals surface area contributed by atoms with Gasteiger partial charge >= 0.3 is 0 Å². The van der Waals surface area contributed by atoms with Crippen LogP contribution in [0, 0.1) is 5.82 Å². The van der Waals surface area contributed by atoms with E-state index in [1.54, 1.807) is 12.3 Å². The van der Waals surface area contributed by atoms with Crippen molar-refractivity contribution in [2.75, 3.05) is 6.26 Å². The first kappa shape index (κ1) is 12.0. The van der Waals surface area contributed by atoms with Gasteiger partial charge in [-0.3, -0.25) is 9.52 Å². The third-order valence-corrected chi connectivity index (χ3v) is 2.49. The van der Waals surface area contributed by atoms with Crippen LogP contribution in [-0.2, 0) is 0 Å². The summed E-state index contributed by atoms with van der Waals surface area (Å²) < 4.78 is 16.0. The summed E-state index contributed by atoms with van der Waals surface area (Å²) in [6.07, 6.45) is 1.72. The minimum Gasteiger partial charge on any atom is -0.296 e. The molecular formula is C11H14FNOS. The van der Waals surface area contributed by atoms with Crippen LogP contribution < -0.4 is 4.72 Å². The van der Waals surface area contributed by atoms with Gasteiger partial charge in [0, 0.05) is 6.26 Å². The van der Waals surface area contributed by atoms with E-state index >= 15 is 0 Å². The van der Waals surface area contributed by atoms with Gasteiger partial charge < -0.3 is 0 Å². The van der Waals surface area contributed by atoms with E-state index in [1.807, 2.05) is 13.8 Å². The summed E-state index contributed by atoms with van der Waals surface area (Å²) in [5.74, 6) is -0.597. The highest BCUT2D eigenvalue weighted by Crippen LogP contribution is 2.18. The van der Waals surface area contributed by atoms with Crippen molar-refractivity contribution in [2.24, 2.45) is 0 Å². The van der Waals surface area contributed by atoms with Crippen LogP contribution in [0.2, 0.25) is 0 Å². The number of hydrogen-bond donors (Lipinski definition) is 1. The molecule has 0 radical (unpaired) electrons. The maximum atomic E-state index is 13.5. The Morgan fingerprint density at radius 3 is 2.60 bits per heavy atom. The smallest absolute Gasteiger partial charge is 0.264 e. The molecule has 0 heterocycles. The Morgan fingerprint density at radius 2 is 2.13 bits per heavy atom. The van der Waals surface area contributed by atoms with Crippen LogP contribution in [0.25, 0.3) is 0 Å². The number of carbonyl (C=O) groups is 1. The number of halogens is 1. The molecule has 0 unspecified atom stereocenters. The summed E-state index contributed by atoms with van der Waals surface area (Å²) in [5, 5.41) is 0. The fourth-order valence-electron chi connectivity index (χ4n) is 1.22. The highest BCUT2D eigenvalue weighted by atomic mass is 32.2. The van der Waals surface area contributed by atoms with Crippen LogP contribution in [0.5, 0.6) is 0 Å². The van der Waals surface area contributed by atoms with Crippen molar-refractivity contribution in [2.45, 2.75) is 19.8 Å². The van der Waals surface area contributed by atoms with Crippen LogP contribution in [-0.4, -0.2) is 12.2 Å². The molecule has 0 aliphatic rings. The standard InChI is InChI=1S/C11H14FNOS/c1-7(2)8-4-5-9(10(12)6-8)11(14)13-15-3/h4-7H,1-3H3,(H,13,14). The normalized spacial score (nSPS) is 10.5. The van der Waals surface area contributed by atoms with E-state index < -0.39 is 11.7 Å². The van der Waals surface area contributed by atoms with Crippen LogP contribution in [0.4, 0.5) is 4.39 Å². The molecule has 1 aromatic carbocycles. The molecule has 82 valence electrons. The van der Waals surface area contributed by atoms with Crippen LogP contribution >= 0.6 is 11.9 Å². The molecule has 4 heteroatoms. The molecule has 0 fully saturated rings. The summed E-state index contributed by atoms with van der Waals surface area (Å²) in [5.41, 5.74) is 0.988. The monoisotopic (exact) mass is 227 g/mol. The summed E-state index contributed by atoms with van der Waals surface area (Å²) in [6.45, 7) is 3.97. The Kier molecular flexibility index (Phi) is 4.15. The molecule has 1 rings (SSSR count). The molecule has 1 aromatic rings. The van der Waals surface area contributed by atoms with Gasteiger partial charge in [0.05, 0.1) is 5.56 Å². The minimum atomic E-state index is -0.465. The lowest BCUT2D eigenvalue weighted by atomic mass is 10.0. The number of benzene rings is 1. The Morgan fingerprint density at radius 1 is 1.47 bits per heavy atom. The quantitative estimate of drug-likeness (QED) is 0.804. The van der Waals surface area contributed by atoms with Crippen molar-refractivity contribution >= 4 is 17.9 Å². The molecule has 0 saturated carbocycles. The molecular weight excluding hydrogens is 213 g/mol. The maximum Gasteiger partial charge on any atom is 0.264 e. The first-order valence-electron chi connectivity index (χ1n) is 4.69. The van der Waals surface area contributed by atoms with E-state index in [0.717, 1.165) is 17.5 Å². The second-order valence-electron chi connectivity index (χ2n) is 3.53. The van der Waals surface area contributed by atoms with E-state index in [2.05, 4.69) is 4.72 Å². The van der Waals surface area contributed by atoms with E-state index in [1.165, 1.54) is 12.1 Å². The summed E-state index contributed by atoms with van der Waals surface area (Å²) >= 11 is 1.16. The molecule has 1 amide bonds. The minimum absolute atomic E-state index is 0.0914. The van der Waals surface area contributed by atoms with Crippen molar-refractivity contribution in [3.05, 3.63) is 35.1 Å². The molecule has 1 N–H and O–H groups in total. The SMILES string of the molecule is CSNC(=O)c1ccc(C(C)C)cc1F. The summed E-state index contributed by atoms with van der Waals surface area (Å²) in [4.78, 5) is 11.4. The van der Waals surface area contributed by atoms with E-state index in [4.69, 9.17) is 0 Å². The predicted molar refractivity (Wildman–Crippen MR) is 61.5 cm³/mol. The molecule has 2 nitrogen and oxygen atoms in total. The molecule has 0 saturated heterocycles. The van der Waals surface area contributed by atoms with Crippen molar-refractivity contribution in [3.8, 4) is 0 Å². The van der Waals surface area contributed by atoms with E-state index in [-0.39, 0.29) is 11.5 Å². The zero-order valence-electron chi connectivity index (χ0n) is 9.00. The maximum absolute atomic E-state index is 13.5. The first-order chi connectivity index (χ1) is 7.06. The highest BCUT2D eigenvalue weighted by Gasteiger charge is 2.12. The van der Waals surface area contributed by atoms with Crippen molar-refractivity contribution in [3.63, 3.8) is 0 Å². The Labute approximate surface area is 93.4 Å². The Balaban J connectivity index is 2.98. The van der Waals surface area contributed by atoms with Gasteiger partial charge in [-0.05, 0) is 23.6 Å².